The van der Waals surface area contributed by atoms with Crippen LogP contribution in [-0.4, -0.2) is 51.3 Å². The van der Waals surface area contributed by atoms with E-state index in [0.717, 1.165) is 6.08 Å². The number of hydrogen-bond donors (Lipinski definition) is 3. The standard InChI is InChI=1S/C16H16O7/c1-7-4-8(17)12-9(5-7)23-15(2)13(19)10(22-3)6-11(18)16(15,21)14(12)20/h4-6,13,17,19,21H,1-3H3/t13-,15-,16-/m1/s1. The van der Waals surface area contributed by atoms with Crippen LogP contribution in [0, 0.1) is 6.92 Å². The second-order valence-electron chi connectivity index (χ2n) is 5.92. The molecule has 3 N–H and O–H groups in total. The summed E-state index contributed by atoms with van der Waals surface area (Å²) in [5.41, 5.74) is -4.31. The van der Waals surface area contributed by atoms with Crippen LogP contribution in [0.15, 0.2) is 24.0 Å². The number of rotatable bonds is 1. The average Bonchev–Trinajstić information content (AvgIpc) is 2.47. The van der Waals surface area contributed by atoms with Crippen molar-refractivity contribution in [3.8, 4) is 11.5 Å². The van der Waals surface area contributed by atoms with Gasteiger partial charge in [0.25, 0.3) is 0 Å². The summed E-state index contributed by atoms with van der Waals surface area (Å²) >= 11 is 0. The zero-order valence-corrected chi connectivity index (χ0v) is 12.8. The van der Waals surface area contributed by atoms with Gasteiger partial charge < -0.3 is 24.8 Å². The van der Waals surface area contributed by atoms with E-state index in [0.29, 0.717) is 5.56 Å². The van der Waals surface area contributed by atoms with Gasteiger partial charge in [0.1, 0.15) is 22.8 Å². The van der Waals surface area contributed by atoms with Crippen molar-refractivity contribution in [1.82, 2.24) is 0 Å². The quantitative estimate of drug-likeness (QED) is 0.635. The minimum Gasteiger partial charge on any atom is -0.507 e. The van der Waals surface area contributed by atoms with Gasteiger partial charge in [0.2, 0.25) is 17.2 Å². The van der Waals surface area contributed by atoms with Gasteiger partial charge in [-0.25, -0.2) is 0 Å². The molecule has 7 heteroatoms. The Hall–Kier alpha value is -2.38. The first kappa shape index (κ1) is 15.5. The Labute approximate surface area is 131 Å². The van der Waals surface area contributed by atoms with Crippen molar-refractivity contribution < 1.29 is 34.4 Å². The largest absolute Gasteiger partial charge is 0.507 e. The smallest absolute Gasteiger partial charge is 0.233 e. The number of methoxy groups -OCH3 is 1. The zero-order valence-electron chi connectivity index (χ0n) is 12.8. The van der Waals surface area contributed by atoms with Gasteiger partial charge in [0.05, 0.1) is 7.11 Å². The lowest BCUT2D eigenvalue weighted by atomic mass is 9.67. The minimum atomic E-state index is -2.66. The van der Waals surface area contributed by atoms with Crippen molar-refractivity contribution in [3.05, 3.63) is 35.1 Å². The third-order valence-electron chi connectivity index (χ3n) is 4.48. The number of phenolic OH excluding ortho intramolecular Hbond substituents is 1. The van der Waals surface area contributed by atoms with Gasteiger partial charge in [0.15, 0.2) is 11.7 Å². The fraction of sp³-hybridized carbons (Fsp3) is 0.375. The molecule has 0 bridgehead atoms. The zero-order chi connectivity index (χ0) is 17.2. The Morgan fingerprint density at radius 3 is 2.57 bits per heavy atom. The second kappa shape index (κ2) is 4.56. The molecule has 1 heterocycles. The number of phenols is 1. The molecule has 0 aromatic heterocycles. The molecule has 0 spiro atoms. The lowest BCUT2D eigenvalue weighted by Crippen LogP contribution is -2.74. The Morgan fingerprint density at radius 1 is 1.30 bits per heavy atom. The molecule has 3 rings (SSSR count). The topological polar surface area (TPSA) is 113 Å². The maximum atomic E-state index is 12.8. The van der Waals surface area contributed by atoms with Crippen molar-refractivity contribution >= 4 is 11.6 Å². The van der Waals surface area contributed by atoms with Crippen LogP contribution in [0.5, 0.6) is 11.5 Å². The van der Waals surface area contributed by atoms with Crippen molar-refractivity contribution in [3.63, 3.8) is 0 Å². The lowest BCUT2D eigenvalue weighted by molar-refractivity contribution is -0.176. The summed E-state index contributed by atoms with van der Waals surface area (Å²) in [5, 5.41) is 31.3. The third-order valence-corrected chi connectivity index (χ3v) is 4.48. The van der Waals surface area contributed by atoms with Crippen molar-refractivity contribution in [2.75, 3.05) is 7.11 Å². The fourth-order valence-electron chi connectivity index (χ4n) is 3.12. The predicted octanol–water partition coefficient (Wildman–Crippen LogP) is 0.239. The average molecular weight is 320 g/mol. The summed E-state index contributed by atoms with van der Waals surface area (Å²) in [6.07, 6.45) is -0.681. The van der Waals surface area contributed by atoms with Crippen molar-refractivity contribution in [1.29, 1.82) is 0 Å². The summed E-state index contributed by atoms with van der Waals surface area (Å²) in [5.74, 6) is -2.52. The van der Waals surface area contributed by atoms with Crippen LogP contribution in [0.25, 0.3) is 0 Å². The summed E-state index contributed by atoms with van der Waals surface area (Å²) in [4.78, 5) is 25.1. The van der Waals surface area contributed by atoms with Gasteiger partial charge in [-0.3, -0.25) is 9.59 Å². The number of Topliss-reactive ketones (excluding diaryl/α,β-unsaturated/α-hetero) is 1. The number of aliphatic hydroxyl groups is 2. The van der Waals surface area contributed by atoms with E-state index in [1.807, 2.05) is 0 Å². The Balaban J connectivity index is 2.30. The van der Waals surface area contributed by atoms with E-state index < -0.39 is 34.6 Å². The number of aliphatic hydroxyl groups excluding tert-OH is 1. The van der Waals surface area contributed by atoms with Crippen LogP contribution >= 0.6 is 0 Å². The van der Waals surface area contributed by atoms with Gasteiger partial charge in [-0.2, -0.15) is 0 Å². The molecule has 23 heavy (non-hydrogen) atoms. The predicted molar refractivity (Wildman–Crippen MR) is 77.3 cm³/mol. The van der Waals surface area contributed by atoms with Gasteiger partial charge in [-0.05, 0) is 31.5 Å². The fourth-order valence-corrected chi connectivity index (χ4v) is 3.12. The molecule has 0 radical (unpaired) electrons. The highest BCUT2D eigenvalue weighted by molar-refractivity contribution is 6.24. The molecule has 0 unspecified atom stereocenters. The summed E-state index contributed by atoms with van der Waals surface area (Å²) in [6.45, 7) is 2.93. The Morgan fingerprint density at radius 2 is 1.96 bits per heavy atom. The Bertz CT molecular complexity index is 766. The monoisotopic (exact) mass is 320 g/mol. The van der Waals surface area contributed by atoms with Crippen LogP contribution < -0.4 is 4.74 Å². The number of ether oxygens (including phenoxy) is 2. The molecule has 1 aromatic rings. The van der Waals surface area contributed by atoms with E-state index in [9.17, 15) is 24.9 Å². The first-order valence-corrected chi connectivity index (χ1v) is 6.94. The van der Waals surface area contributed by atoms with Gasteiger partial charge in [0, 0.05) is 6.08 Å². The Kier molecular flexibility index (Phi) is 3.08. The molecule has 1 aliphatic carbocycles. The van der Waals surface area contributed by atoms with Crippen LogP contribution in [0.3, 0.4) is 0 Å². The van der Waals surface area contributed by atoms with E-state index in [1.165, 1.54) is 26.2 Å². The van der Waals surface area contributed by atoms with Crippen LogP contribution in [0.1, 0.15) is 22.8 Å². The molecule has 2 aliphatic rings. The maximum Gasteiger partial charge on any atom is 0.233 e. The highest BCUT2D eigenvalue weighted by atomic mass is 16.5. The molecule has 0 saturated carbocycles. The van der Waals surface area contributed by atoms with E-state index in [4.69, 9.17) is 9.47 Å². The number of benzene rings is 1. The molecule has 122 valence electrons. The molecular weight excluding hydrogens is 304 g/mol. The first-order valence-electron chi connectivity index (χ1n) is 6.94. The second-order valence-corrected chi connectivity index (χ2v) is 5.92. The number of aromatic hydroxyl groups is 1. The van der Waals surface area contributed by atoms with E-state index in [2.05, 4.69) is 0 Å². The van der Waals surface area contributed by atoms with E-state index in [-0.39, 0.29) is 17.1 Å². The molecule has 0 fully saturated rings. The van der Waals surface area contributed by atoms with Crippen molar-refractivity contribution in [2.24, 2.45) is 0 Å². The lowest BCUT2D eigenvalue weighted by Gasteiger charge is -2.49. The summed E-state index contributed by atoms with van der Waals surface area (Å²) in [6, 6.07) is 2.81. The number of hydrogen-bond acceptors (Lipinski definition) is 7. The van der Waals surface area contributed by atoms with Crippen molar-refractivity contribution in [2.45, 2.75) is 31.2 Å². The number of aryl methyl sites for hydroxylation is 1. The molecule has 1 aromatic carbocycles. The highest BCUT2D eigenvalue weighted by Crippen LogP contribution is 2.48. The van der Waals surface area contributed by atoms with Crippen LogP contribution in [0.2, 0.25) is 0 Å². The maximum absolute atomic E-state index is 12.8. The first-order chi connectivity index (χ1) is 10.7. The molecule has 0 saturated heterocycles. The molecule has 7 nitrogen and oxygen atoms in total. The molecule has 3 atom stereocenters. The number of carbonyl (C=O) groups is 2. The SMILES string of the molecule is COC1=CC(=O)[C@@]2(O)C(=O)c3c(O)cc(C)cc3O[C@]2(C)[C@@H]1O. The summed E-state index contributed by atoms with van der Waals surface area (Å²) in [7, 11) is 1.25. The normalized spacial score (nSPS) is 32.6. The summed E-state index contributed by atoms with van der Waals surface area (Å²) < 4.78 is 10.6. The molecule has 1 aliphatic heterocycles. The van der Waals surface area contributed by atoms with E-state index in [1.54, 1.807) is 6.92 Å². The highest BCUT2D eigenvalue weighted by Gasteiger charge is 2.69. The minimum absolute atomic E-state index is 0.0103. The third kappa shape index (κ3) is 1.71. The number of fused-ring (bicyclic) bond motifs is 2. The van der Waals surface area contributed by atoms with Crippen LogP contribution in [-0.2, 0) is 9.53 Å². The van der Waals surface area contributed by atoms with Gasteiger partial charge in [-0.15, -0.1) is 0 Å². The number of carbonyl (C=O) groups excluding carboxylic acids is 2. The van der Waals surface area contributed by atoms with Gasteiger partial charge in [-0.1, -0.05) is 0 Å². The van der Waals surface area contributed by atoms with E-state index >= 15 is 0 Å². The van der Waals surface area contributed by atoms with Gasteiger partial charge >= 0.3 is 0 Å². The molecular formula is C16H16O7. The number of ketones is 2. The molecule has 0 amide bonds. The van der Waals surface area contributed by atoms with Crippen LogP contribution in [0.4, 0.5) is 0 Å².